The molecule has 0 aliphatic carbocycles. The smallest absolute Gasteiger partial charge is 0.144 e. The van der Waals surface area contributed by atoms with E-state index in [2.05, 4.69) is 15.3 Å². The van der Waals surface area contributed by atoms with Gasteiger partial charge in [-0.3, -0.25) is 0 Å². The highest BCUT2D eigenvalue weighted by Crippen LogP contribution is 2.00. The van der Waals surface area contributed by atoms with Gasteiger partial charge in [0.15, 0.2) is 0 Å². The lowest BCUT2D eigenvalue weighted by Gasteiger charge is -2.04. The molecule has 1 rings (SSSR count). The Kier molecular flexibility index (Phi) is 4.21. The Morgan fingerprint density at radius 1 is 1.57 bits per heavy atom. The fourth-order valence-corrected chi connectivity index (χ4v) is 0.933. The van der Waals surface area contributed by atoms with Crippen LogP contribution in [-0.2, 0) is 4.74 Å². The molecule has 1 aromatic heterocycles. The molecule has 0 aromatic carbocycles. The fourth-order valence-electron chi connectivity index (χ4n) is 0.828. The van der Waals surface area contributed by atoms with Gasteiger partial charge in [-0.25, -0.2) is 9.97 Å². The first-order valence-corrected chi connectivity index (χ1v) is 4.49. The summed E-state index contributed by atoms with van der Waals surface area (Å²) < 4.78 is 4.87. The molecule has 0 atom stereocenters. The minimum Gasteiger partial charge on any atom is -0.388 e. The van der Waals surface area contributed by atoms with Gasteiger partial charge in [0.25, 0.3) is 0 Å². The maximum atomic E-state index is 5.37. The summed E-state index contributed by atoms with van der Waals surface area (Å²) in [6.45, 7) is 1.32. The predicted octanol–water partition coefficient (Wildman–Crippen LogP) is 0.169. The average Bonchev–Trinajstić information content (AvgIpc) is 2.19. The van der Waals surface area contributed by atoms with E-state index in [-0.39, 0.29) is 4.99 Å². The Morgan fingerprint density at radius 3 is 2.86 bits per heavy atom. The maximum absolute atomic E-state index is 5.37. The summed E-state index contributed by atoms with van der Waals surface area (Å²) in [7, 11) is 1.64. The SMILES string of the molecule is COCCNc1cnc(C(N)=S)cn1. The van der Waals surface area contributed by atoms with Gasteiger partial charge in [-0.05, 0) is 0 Å². The van der Waals surface area contributed by atoms with Gasteiger partial charge < -0.3 is 15.8 Å². The number of nitrogens with zero attached hydrogens (tertiary/aromatic N) is 2. The molecule has 0 unspecified atom stereocenters. The molecular formula is C8H12N4OS. The van der Waals surface area contributed by atoms with Gasteiger partial charge in [-0.15, -0.1) is 0 Å². The maximum Gasteiger partial charge on any atom is 0.144 e. The number of nitrogens with two attached hydrogens (primary N) is 1. The van der Waals surface area contributed by atoms with Crippen molar-refractivity contribution in [3.8, 4) is 0 Å². The van der Waals surface area contributed by atoms with Gasteiger partial charge in [-0.1, -0.05) is 12.2 Å². The molecule has 76 valence electrons. The molecule has 0 bridgehead atoms. The van der Waals surface area contributed by atoms with Gasteiger partial charge in [0, 0.05) is 13.7 Å². The lowest BCUT2D eigenvalue weighted by atomic mass is 10.4. The Labute approximate surface area is 87.7 Å². The van der Waals surface area contributed by atoms with Crippen LogP contribution in [0.3, 0.4) is 0 Å². The third-order valence-corrected chi connectivity index (χ3v) is 1.73. The van der Waals surface area contributed by atoms with Crippen molar-refractivity contribution in [1.29, 1.82) is 0 Å². The van der Waals surface area contributed by atoms with E-state index in [1.165, 1.54) is 6.20 Å². The summed E-state index contributed by atoms with van der Waals surface area (Å²) in [4.78, 5) is 8.35. The third kappa shape index (κ3) is 3.23. The number of ether oxygens (including phenoxy) is 1. The zero-order chi connectivity index (χ0) is 10.4. The number of aromatic nitrogens is 2. The molecule has 0 saturated heterocycles. The molecule has 0 aliphatic heterocycles. The second kappa shape index (κ2) is 5.46. The van der Waals surface area contributed by atoms with E-state index >= 15 is 0 Å². The molecule has 0 spiro atoms. The number of hydrogen-bond acceptors (Lipinski definition) is 5. The van der Waals surface area contributed by atoms with Crippen molar-refractivity contribution in [3.63, 3.8) is 0 Å². The van der Waals surface area contributed by atoms with E-state index in [1.807, 2.05) is 0 Å². The van der Waals surface area contributed by atoms with E-state index in [0.29, 0.717) is 24.7 Å². The standard InChI is InChI=1S/C8H12N4OS/c1-13-3-2-10-7-5-11-6(4-12-7)8(9)14/h4-5H,2-3H2,1H3,(H2,9,14)(H,10,12). The Hall–Kier alpha value is -1.27. The Bertz CT molecular complexity index is 301. The van der Waals surface area contributed by atoms with Crippen LogP contribution < -0.4 is 11.1 Å². The second-order valence-corrected chi connectivity index (χ2v) is 3.01. The van der Waals surface area contributed by atoms with Crippen LogP contribution in [0.15, 0.2) is 12.4 Å². The number of methoxy groups -OCH3 is 1. The molecule has 3 N–H and O–H groups in total. The van der Waals surface area contributed by atoms with Gasteiger partial charge in [-0.2, -0.15) is 0 Å². The second-order valence-electron chi connectivity index (χ2n) is 2.57. The summed E-state index contributed by atoms with van der Waals surface area (Å²) in [5.74, 6) is 0.682. The first-order chi connectivity index (χ1) is 6.74. The van der Waals surface area contributed by atoms with Crippen molar-refractivity contribution in [2.45, 2.75) is 0 Å². The highest BCUT2D eigenvalue weighted by Gasteiger charge is 1.98. The van der Waals surface area contributed by atoms with E-state index in [4.69, 9.17) is 22.7 Å². The number of rotatable bonds is 5. The third-order valence-electron chi connectivity index (χ3n) is 1.52. The lowest BCUT2D eigenvalue weighted by Crippen LogP contribution is -2.13. The number of hydrogen-bond donors (Lipinski definition) is 2. The molecule has 0 aliphatic rings. The van der Waals surface area contributed by atoms with Crippen LogP contribution >= 0.6 is 12.2 Å². The van der Waals surface area contributed by atoms with Crippen LogP contribution in [0.2, 0.25) is 0 Å². The number of anilines is 1. The predicted molar refractivity (Wildman–Crippen MR) is 58.3 cm³/mol. The minimum absolute atomic E-state index is 0.251. The molecule has 1 heterocycles. The van der Waals surface area contributed by atoms with Crippen LogP contribution in [0, 0.1) is 0 Å². The van der Waals surface area contributed by atoms with Crippen molar-refractivity contribution in [3.05, 3.63) is 18.1 Å². The Balaban J connectivity index is 2.51. The molecule has 0 fully saturated rings. The zero-order valence-corrected chi connectivity index (χ0v) is 8.67. The van der Waals surface area contributed by atoms with Crippen LogP contribution in [0.25, 0.3) is 0 Å². The molecular weight excluding hydrogens is 200 g/mol. The highest BCUT2D eigenvalue weighted by molar-refractivity contribution is 7.80. The van der Waals surface area contributed by atoms with Gasteiger partial charge in [0.1, 0.15) is 16.5 Å². The fraction of sp³-hybridized carbons (Fsp3) is 0.375. The average molecular weight is 212 g/mol. The number of thiocarbonyl (C=S) groups is 1. The number of nitrogens with one attached hydrogen (secondary N) is 1. The van der Waals surface area contributed by atoms with Crippen molar-refractivity contribution in [2.24, 2.45) is 5.73 Å². The molecule has 5 nitrogen and oxygen atoms in total. The van der Waals surface area contributed by atoms with Gasteiger partial charge >= 0.3 is 0 Å². The first kappa shape index (κ1) is 10.8. The van der Waals surface area contributed by atoms with Gasteiger partial charge in [0.2, 0.25) is 0 Å². The summed E-state index contributed by atoms with van der Waals surface area (Å²) in [5, 5.41) is 3.03. The minimum atomic E-state index is 0.251. The summed E-state index contributed by atoms with van der Waals surface area (Å²) in [6, 6.07) is 0. The molecule has 14 heavy (non-hydrogen) atoms. The van der Waals surface area contributed by atoms with E-state index in [1.54, 1.807) is 13.3 Å². The normalized spacial score (nSPS) is 9.79. The van der Waals surface area contributed by atoms with Crippen molar-refractivity contribution in [2.75, 3.05) is 25.6 Å². The van der Waals surface area contributed by atoms with Crippen LogP contribution in [0.1, 0.15) is 5.69 Å². The monoisotopic (exact) mass is 212 g/mol. The zero-order valence-electron chi connectivity index (χ0n) is 7.86. The lowest BCUT2D eigenvalue weighted by molar-refractivity contribution is 0.210. The molecule has 1 aromatic rings. The van der Waals surface area contributed by atoms with Crippen molar-refractivity contribution < 1.29 is 4.74 Å². The molecule has 0 radical (unpaired) electrons. The molecule has 0 saturated carbocycles. The molecule has 0 amide bonds. The topological polar surface area (TPSA) is 73.1 Å². The van der Waals surface area contributed by atoms with Crippen LogP contribution in [0.5, 0.6) is 0 Å². The summed E-state index contributed by atoms with van der Waals surface area (Å²) >= 11 is 4.75. The summed E-state index contributed by atoms with van der Waals surface area (Å²) in [6.07, 6.45) is 3.13. The van der Waals surface area contributed by atoms with Crippen molar-refractivity contribution in [1.82, 2.24) is 9.97 Å². The van der Waals surface area contributed by atoms with E-state index in [0.717, 1.165) is 0 Å². The first-order valence-electron chi connectivity index (χ1n) is 4.08. The van der Waals surface area contributed by atoms with Crippen LogP contribution in [0.4, 0.5) is 5.82 Å². The summed E-state index contributed by atoms with van der Waals surface area (Å²) in [5.41, 5.74) is 5.90. The quantitative estimate of drug-likeness (QED) is 0.535. The Morgan fingerprint density at radius 2 is 2.36 bits per heavy atom. The highest BCUT2D eigenvalue weighted by atomic mass is 32.1. The largest absolute Gasteiger partial charge is 0.388 e. The van der Waals surface area contributed by atoms with Crippen LogP contribution in [-0.4, -0.2) is 35.2 Å². The van der Waals surface area contributed by atoms with Crippen molar-refractivity contribution >= 4 is 23.0 Å². The van der Waals surface area contributed by atoms with E-state index in [9.17, 15) is 0 Å². The molecule has 6 heteroatoms. The van der Waals surface area contributed by atoms with E-state index < -0.39 is 0 Å². The van der Waals surface area contributed by atoms with Gasteiger partial charge in [0.05, 0.1) is 19.0 Å².